The van der Waals surface area contributed by atoms with Gasteiger partial charge in [0.2, 0.25) is 0 Å². The number of non-ortho nitro benzene ring substituents is 1. The van der Waals surface area contributed by atoms with Crippen LogP contribution in [0.1, 0.15) is 29.6 Å². The first-order chi connectivity index (χ1) is 8.65. The van der Waals surface area contributed by atoms with Gasteiger partial charge in [0.15, 0.2) is 5.78 Å². The Morgan fingerprint density at radius 3 is 2.44 bits per heavy atom. The minimum absolute atomic E-state index is 0.0403. The van der Waals surface area contributed by atoms with E-state index in [1.165, 1.54) is 30.3 Å². The molecular formula is C13H13NO4. The van der Waals surface area contributed by atoms with E-state index in [-0.39, 0.29) is 11.5 Å². The lowest BCUT2D eigenvalue weighted by atomic mass is 10.1. The molecular weight excluding hydrogens is 234 g/mol. The smallest absolute Gasteiger partial charge is 0.269 e. The lowest BCUT2D eigenvalue weighted by Crippen LogP contribution is -1.95. The third kappa shape index (κ3) is 4.29. The molecule has 0 aliphatic carbocycles. The molecule has 0 amide bonds. The van der Waals surface area contributed by atoms with E-state index in [4.69, 9.17) is 0 Å². The van der Waals surface area contributed by atoms with Crippen molar-refractivity contribution in [3.63, 3.8) is 0 Å². The Morgan fingerprint density at radius 2 is 1.89 bits per heavy atom. The maximum Gasteiger partial charge on any atom is 0.269 e. The molecule has 0 N–H and O–H groups in total. The molecule has 1 aromatic carbocycles. The van der Waals surface area contributed by atoms with Crippen molar-refractivity contribution in [2.75, 3.05) is 0 Å². The van der Waals surface area contributed by atoms with Crippen molar-refractivity contribution in [1.82, 2.24) is 0 Å². The van der Waals surface area contributed by atoms with Crippen LogP contribution in [0.4, 0.5) is 5.69 Å². The molecule has 0 saturated heterocycles. The highest BCUT2D eigenvalue weighted by Crippen LogP contribution is 2.12. The Morgan fingerprint density at radius 1 is 1.22 bits per heavy atom. The third-order valence-corrected chi connectivity index (χ3v) is 2.32. The summed E-state index contributed by atoms with van der Waals surface area (Å²) in [6.07, 6.45) is 5.83. The van der Waals surface area contributed by atoms with Gasteiger partial charge in [0.1, 0.15) is 6.29 Å². The number of hydrogen-bond donors (Lipinski definition) is 0. The van der Waals surface area contributed by atoms with Crippen LogP contribution in [0.25, 0.3) is 0 Å². The van der Waals surface area contributed by atoms with E-state index in [0.717, 1.165) is 6.29 Å². The van der Waals surface area contributed by atoms with Crippen molar-refractivity contribution in [3.8, 4) is 0 Å². The zero-order valence-corrected chi connectivity index (χ0v) is 9.74. The average molecular weight is 247 g/mol. The van der Waals surface area contributed by atoms with Gasteiger partial charge in [-0.25, -0.2) is 0 Å². The number of nitro benzene ring substituents is 1. The van der Waals surface area contributed by atoms with Crippen LogP contribution in [0.2, 0.25) is 0 Å². The Kier molecular flexibility index (Phi) is 5.44. The number of benzene rings is 1. The highest BCUT2D eigenvalue weighted by atomic mass is 16.6. The van der Waals surface area contributed by atoms with Crippen LogP contribution in [0.5, 0.6) is 0 Å². The summed E-state index contributed by atoms with van der Waals surface area (Å²) in [5, 5.41) is 10.4. The van der Waals surface area contributed by atoms with Gasteiger partial charge in [0.05, 0.1) is 4.92 Å². The molecule has 0 unspecified atom stereocenters. The summed E-state index contributed by atoms with van der Waals surface area (Å²) in [6.45, 7) is 0. The third-order valence-electron chi connectivity index (χ3n) is 2.32. The van der Waals surface area contributed by atoms with Crippen LogP contribution in [-0.2, 0) is 4.79 Å². The van der Waals surface area contributed by atoms with Gasteiger partial charge in [-0.3, -0.25) is 14.9 Å². The van der Waals surface area contributed by atoms with Crippen molar-refractivity contribution in [1.29, 1.82) is 0 Å². The molecule has 1 rings (SSSR count). The molecule has 0 radical (unpaired) electrons. The van der Waals surface area contributed by atoms with Crippen molar-refractivity contribution in [2.24, 2.45) is 0 Å². The number of nitro groups is 1. The van der Waals surface area contributed by atoms with Crippen LogP contribution in [0, 0.1) is 10.1 Å². The molecule has 5 nitrogen and oxygen atoms in total. The Hall–Kier alpha value is -2.30. The normalized spacial score (nSPS) is 10.4. The van der Waals surface area contributed by atoms with E-state index in [9.17, 15) is 19.7 Å². The van der Waals surface area contributed by atoms with Gasteiger partial charge >= 0.3 is 0 Å². The Labute approximate surface area is 104 Å². The van der Waals surface area contributed by atoms with Crippen molar-refractivity contribution >= 4 is 17.8 Å². The summed E-state index contributed by atoms with van der Waals surface area (Å²) >= 11 is 0. The molecule has 0 atom stereocenters. The lowest BCUT2D eigenvalue weighted by molar-refractivity contribution is -0.384. The fraction of sp³-hybridized carbons (Fsp3) is 0.231. The van der Waals surface area contributed by atoms with Gasteiger partial charge in [-0.15, -0.1) is 0 Å². The Balaban J connectivity index is 2.56. The second kappa shape index (κ2) is 7.11. The largest absolute Gasteiger partial charge is 0.303 e. The number of carbonyl (C=O) groups is 2. The van der Waals surface area contributed by atoms with Gasteiger partial charge in [-0.1, -0.05) is 6.08 Å². The van der Waals surface area contributed by atoms with Gasteiger partial charge in [-0.2, -0.15) is 0 Å². The molecule has 94 valence electrons. The summed E-state index contributed by atoms with van der Waals surface area (Å²) < 4.78 is 0. The molecule has 0 heterocycles. The molecule has 1 aromatic rings. The van der Waals surface area contributed by atoms with Crippen molar-refractivity contribution in [3.05, 3.63) is 52.1 Å². The number of allylic oxidation sites excluding steroid dienone is 2. The van der Waals surface area contributed by atoms with E-state index < -0.39 is 4.92 Å². The van der Waals surface area contributed by atoms with E-state index in [2.05, 4.69) is 0 Å². The number of rotatable bonds is 7. The van der Waals surface area contributed by atoms with E-state index >= 15 is 0 Å². The second-order valence-corrected chi connectivity index (χ2v) is 3.67. The summed E-state index contributed by atoms with van der Waals surface area (Å²) in [5.74, 6) is -0.198. The summed E-state index contributed by atoms with van der Waals surface area (Å²) in [6, 6.07) is 5.45. The van der Waals surface area contributed by atoms with Gasteiger partial charge in [0.25, 0.3) is 5.69 Å². The van der Waals surface area contributed by atoms with Crippen LogP contribution in [0.3, 0.4) is 0 Å². The number of unbranched alkanes of at least 4 members (excludes halogenated alkanes) is 2. The fourth-order valence-electron chi connectivity index (χ4n) is 1.35. The minimum Gasteiger partial charge on any atom is -0.303 e. The van der Waals surface area contributed by atoms with Gasteiger partial charge < -0.3 is 4.79 Å². The number of ketones is 1. The van der Waals surface area contributed by atoms with E-state index in [1.54, 1.807) is 6.08 Å². The molecule has 0 saturated carbocycles. The van der Waals surface area contributed by atoms with Crippen LogP contribution < -0.4 is 0 Å². The SMILES string of the molecule is O=CCCC/C=C/C(=O)c1ccc([N+](=O)[O-])cc1. The van der Waals surface area contributed by atoms with Crippen molar-refractivity contribution < 1.29 is 14.5 Å². The van der Waals surface area contributed by atoms with Gasteiger partial charge in [-0.05, 0) is 31.1 Å². The standard InChI is InChI=1S/C13H13NO4/c15-10-4-2-1-3-5-13(16)11-6-8-12(9-7-11)14(17)18/h3,5-10H,1-2,4H2/b5-3+. The molecule has 0 aliphatic heterocycles. The molecule has 0 aromatic heterocycles. The summed E-state index contributed by atoms with van der Waals surface area (Å²) in [5.41, 5.74) is 0.369. The maximum absolute atomic E-state index is 11.6. The monoisotopic (exact) mass is 247 g/mol. The minimum atomic E-state index is -0.510. The first-order valence-electron chi connectivity index (χ1n) is 5.54. The first-order valence-corrected chi connectivity index (χ1v) is 5.54. The summed E-state index contributed by atoms with van der Waals surface area (Å²) in [4.78, 5) is 31.6. The van der Waals surface area contributed by atoms with Gasteiger partial charge in [0, 0.05) is 24.1 Å². The average Bonchev–Trinajstić information content (AvgIpc) is 2.38. The first kappa shape index (κ1) is 13.8. The lowest BCUT2D eigenvalue weighted by Gasteiger charge is -1.95. The number of hydrogen-bond acceptors (Lipinski definition) is 4. The highest BCUT2D eigenvalue weighted by Gasteiger charge is 2.06. The highest BCUT2D eigenvalue weighted by molar-refractivity contribution is 6.04. The van der Waals surface area contributed by atoms with E-state index in [0.29, 0.717) is 24.8 Å². The number of carbonyl (C=O) groups excluding carboxylic acids is 2. The van der Waals surface area contributed by atoms with E-state index in [1.807, 2.05) is 0 Å². The van der Waals surface area contributed by atoms with Crippen LogP contribution >= 0.6 is 0 Å². The molecule has 5 heteroatoms. The molecule has 0 bridgehead atoms. The molecule has 18 heavy (non-hydrogen) atoms. The van der Waals surface area contributed by atoms with Crippen molar-refractivity contribution in [2.45, 2.75) is 19.3 Å². The summed E-state index contributed by atoms with van der Waals surface area (Å²) in [7, 11) is 0. The van der Waals surface area contributed by atoms with Crippen LogP contribution in [0.15, 0.2) is 36.4 Å². The molecule has 0 fully saturated rings. The zero-order valence-electron chi connectivity index (χ0n) is 9.74. The number of nitrogens with zero attached hydrogens (tertiary/aromatic N) is 1. The second-order valence-electron chi connectivity index (χ2n) is 3.67. The fourth-order valence-corrected chi connectivity index (χ4v) is 1.35. The predicted molar refractivity (Wildman–Crippen MR) is 66.5 cm³/mol. The predicted octanol–water partition coefficient (Wildman–Crippen LogP) is 2.70. The molecule has 0 aliphatic rings. The topological polar surface area (TPSA) is 77.3 Å². The Bertz CT molecular complexity index is 462. The maximum atomic E-state index is 11.6. The number of aldehydes is 1. The van der Waals surface area contributed by atoms with Crippen LogP contribution in [-0.4, -0.2) is 17.0 Å². The molecule has 0 spiro atoms. The zero-order chi connectivity index (χ0) is 13.4. The quantitative estimate of drug-likeness (QED) is 0.185.